The van der Waals surface area contributed by atoms with Crippen LogP contribution in [0.15, 0.2) is 62.5 Å². The van der Waals surface area contributed by atoms with Crippen molar-refractivity contribution in [2.75, 3.05) is 7.11 Å². The molecule has 3 N–H and O–H groups in total. The molecule has 0 bridgehead atoms. The van der Waals surface area contributed by atoms with Crippen molar-refractivity contribution in [2.24, 2.45) is 10.2 Å². The highest BCUT2D eigenvalue weighted by atomic mass is 32.2. The SMILES string of the molecule is COc1c(C)ccc(S(=O)(=O)O)c1N=Nc1c(O)ccc2cc(S(=O)(=O)O)ccc12. The van der Waals surface area contributed by atoms with E-state index in [1.165, 1.54) is 37.4 Å². The number of phenolic OH excluding ortho intramolecular Hbond substituents is 1. The Morgan fingerprint density at radius 2 is 1.53 bits per heavy atom. The highest BCUT2D eigenvalue weighted by Crippen LogP contribution is 2.41. The first-order valence-electron chi connectivity index (χ1n) is 8.23. The Balaban J connectivity index is 2.25. The van der Waals surface area contributed by atoms with Gasteiger partial charge >= 0.3 is 0 Å². The first-order chi connectivity index (χ1) is 13.9. The summed E-state index contributed by atoms with van der Waals surface area (Å²) in [5.74, 6) is -0.256. The molecule has 0 radical (unpaired) electrons. The van der Waals surface area contributed by atoms with E-state index in [2.05, 4.69) is 10.2 Å². The van der Waals surface area contributed by atoms with Crippen LogP contribution in [0.25, 0.3) is 10.8 Å². The zero-order valence-electron chi connectivity index (χ0n) is 15.6. The molecule has 0 saturated carbocycles. The number of aryl methyl sites for hydroxylation is 1. The molecule has 0 spiro atoms. The molecule has 0 amide bonds. The third kappa shape index (κ3) is 4.11. The second-order valence-electron chi connectivity index (χ2n) is 6.23. The van der Waals surface area contributed by atoms with E-state index < -0.39 is 25.1 Å². The lowest BCUT2D eigenvalue weighted by Gasteiger charge is -2.11. The third-order valence-corrected chi connectivity index (χ3v) is 6.00. The molecular formula is C18H16N2O8S2. The molecule has 0 heterocycles. The normalized spacial score (nSPS) is 12.5. The van der Waals surface area contributed by atoms with Gasteiger partial charge in [0.25, 0.3) is 20.2 Å². The quantitative estimate of drug-likeness (QED) is 0.389. The van der Waals surface area contributed by atoms with E-state index in [0.29, 0.717) is 10.9 Å². The minimum absolute atomic E-state index is 0.0576. The highest BCUT2D eigenvalue weighted by Gasteiger charge is 2.21. The van der Waals surface area contributed by atoms with Crippen LogP contribution in [-0.4, -0.2) is 38.2 Å². The number of ether oxygens (including phenoxy) is 1. The molecule has 0 atom stereocenters. The summed E-state index contributed by atoms with van der Waals surface area (Å²) in [4.78, 5) is -0.889. The van der Waals surface area contributed by atoms with Crippen LogP contribution in [0.3, 0.4) is 0 Å². The fourth-order valence-corrected chi connectivity index (χ4v) is 3.99. The average Bonchev–Trinajstić information content (AvgIpc) is 2.65. The van der Waals surface area contributed by atoms with Gasteiger partial charge in [0.2, 0.25) is 0 Å². The molecule has 0 aromatic heterocycles. The molecule has 0 fully saturated rings. The number of nitrogens with zero attached hydrogens (tertiary/aromatic N) is 2. The fraction of sp³-hybridized carbons (Fsp3) is 0.111. The van der Waals surface area contributed by atoms with Gasteiger partial charge in [-0.05, 0) is 42.1 Å². The predicted molar refractivity (Wildman–Crippen MR) is 107 cm³/mol. The van der Waals surface area contributed by atoms with E-state index >= 15 is 0 Å². The first kappa shape index (κ1) is 21.6. The summed E-state index contributed by atoms with van der Waals surface area (Å²) in [5, 5.41) is 18.6. The maximum Gasteiger partial charge on any atom is 0.296 e. The van der Waals surface area contributed by atoms with Crippen molar-refractivity contribution in [3.8, 4) is 11.5 Å². The van der Waals surface area contributed by atoms with E-state index in [-0.39, 0.29) is 33.2 Å². The number of rotatable bonds is 5. The van der Waals surface area contributed by atoms with Crippen LogP contribution < -0.4 is 4.74 Å². The Morgan fingerprint density at radius 3 is 2.13 bits per heavy atom. The molecule has 3 aromatic rings. The Bertz CT molecular complexity index is 1400. The van der Waals surface area contributed by atoms with Crippen LogP contribution in [0.1, 0.15) is 5.56 Å². The lowest BCUT2D eigenvalue weighted by atomic mass is 10.1. The Kier molecular flexibility index (Phi) is 5.52. The lowest BCUT2D eigenvalue weighted by Crippen LogP contribution is -2.00. The molecule has 10 nitrogen and oxygen atoms in total. The van der Waals surface area contributed by atoms with Gasteiger partial charge in [-0.15, -0.1) is 10.2 Å². The topological polar surface area (TPSA) is 163 Å². The van der Waals surface area contributed by atoms with Gasteiger partial charge in [-0.1, -0.05) is 18.2 Å². The van der Waals surface area contributed by atoms with Crippen LogP contribution in [-0.2, 0) is 20.2 Å². The monoisotopic (exact) mass is 452 g/mol. The van der Waals surface area contributed by atoms with E-state index in [1.54, 1.807) is 6.92 Å². The maximum atomic E-state index is 11.7. The van der Waals surface area contributed by atoms with Gasteiger partial charge < -0.3 is 9.84 Å². The molecule has 12 heteroatoms. The minimum atomic E-state index is -4.65. The number of fused-ring (bicyclic) bond motifs is 1. The molecule has 0 aliphatic heterocycles. The van der Waals surface area contributed by atoms with Crippen molar-refractivity contribution in [1.82, 2.24) is 0 Å². The molecular weight excluding hydrogens is 436 g/mol. The Morgan fingerprint density at radius 1 is 0.867 bits per heavy atom. The summed E-state index contributed by atoms with van der Waals surface area (Å²) in [5.41, 5.74) is 0.170. The van der Waals surface area contributed by atoms with Gasteiger partial charge in [-0.2, -0.15) is 16.8 Å². The van der Waals surface area contributed by atoms with Crippen LogP contribution in [0, 0.1) is 6.92 Å². The number of aromatic hydroxyl groups is 1. The summed E-state index contributed by atoms with van der Waals surface area (Å²) in [6.07, 6.45) is 0. The summed E-state index contributed by atoms with van der Waals surface area (Å²) < 4.78 is 70.0. The van der Waals surface area contributed by atoms with Crippen molar-refractivity contribution in [2.45, 2.75) is 16.7 Å². The second kappa shape index (κ2) is 7.65. The van der Waals surface area contributed by atoms with Crippen LogP contribution in [0.2, 0.25) is 0 Å². The molecule has 3 rings (SSSR count). The van der Waals surface area contributed by atoms with Crippen molar-refractivity contribution in [3.63, 3.8) is 0 Å². The number of benzene rings is 3. The van der Waals surface area contributed by atoms with Crippen molar-refractivity contribution in [1.29, 1.82) is 0 Å². The lowest BCUT2D eigenvalue weighted by molar-refractivity contribution is 0.410. The number of hydrogen-bond acceptors (Lipinski definition) is 8. The third-order valence-electron chi connectivity index (χ3n) is 4.26. The Labute approximate surface area is 172 Å². The van der Waals surface area contributed by atoms with E-state index in [1.807, 2.05) is 0 Å². The van der Waals surface area contributed by atoms with E-state index in [0.717, 1.165) is 12.1 Å². The van der Waals surface area contributed by atoms with Gasteiger partial charge in [0.1, 0.15) is 22.0 Å². The van der Waals surface area contributed by atoms with Crippen LogP contribution in [0.5, 0.6) is 11.5 Å². The summed E-state index contributed by atoms with van der Waals surface area (Å²) in [6.45, 7) is 1.64. The zero-order chi connectivity index (χ0) is 22.3. The number of hydrogen-bond donors (Lipinski definition) is 3. The zero-order valence-corrected chi connectivity index (χ0v) is 17.3. The smallest absolute Gasteiger partial charge is 0.296 e. The van der Waals surface area contributed by atoms with Crippen LogP contribution in [0.4, 0.5) is 11.4 Å². The van der Waals surface area contributed by atoms with Crippen molar-refractivity contribution in [3.05, 3.63) is 48.0 Å². The van der Waals surface area contributed by atoms with Crippen molar-refractivity contribution >= 4 is 42.4 Å². The van der Waals surface area contributed by atoms with Gasteiger partial charge in [0.15, 0.2) is 5.75 Å². The largest absolute Gasteiger partial charge is 0.506 e. The molecule has 3 aromatic carbocycles. The first-order valence-corrected chi connectivity index (χ1v) is 11.1. The van der Waals surface area contributed by atoms with Gasteiger partial charge in [0.05, 0.1) is 12.0 Å². The molecule has 0 unspecified atom stereocenters. The van der Waals surface area contributed by atoms with E-state index in [9.17, 15) is 31.0 Å². The molecule has 0 saturated heterocycles. The van der Waals surface area contributed by atoms with Crippen LogP contribution >= 0.6 is 0 Å². The average molecular weight is 452 g/mol. The van der Waals surface area contributed by atoms with Crippen molar-refractivity contribution < 1.29 is 35.8 Å². The molecule has 158 valence electrons. The summed E-state index contributed by atoms with van der Waals surface area (Å²) in [7, 11) is -7.80. The standard InChI is InChI=1S/C18H16N2O8S2/c1-10-3-8-15(30(25,26)27)17(18(10)28-2)20-19-16-13-6-5-12(29(22,23)24)9-11(13)4-7-14(16)21/h3-9,21H,1-2H3,(H,22,23,24)(H,25,26,27). The van der Waals surface area contributed by atoms with Gasteiger partial charge in [0, 0.05) is 5.39 Å². The molecule has 0 aliphatic carbocycles. The number of azo groups is 1. The Hall–Kier alpha value is -3.06. The molecule has 30 heavy (non-hydrogen) atoms. The predicted octanol–water partition coefficient (Wildman–Crippen LogP) is 3.77. The van der Waals surface area contributed by atoms with E-state index in [4.69, 9.17) is 4.74 Å². The molecule has 0 aliphatic rings. The second-order valence-corrected chi connectivity index (χ2v) is 9.04. The van der Waals surface area contributed by atoms with Gasteiger partial charge in [-0.25, -0.2) is 0 Å². The fourth-order valence-electron chi connectivity index (χ4n) is 2.86. The maximum absolute atomic E-state index is 11.7. The van der Waals surface area contributed by atoms with Gasteiger partial charge in [-0.3, -0.25) is 9.11 Å². The summed E-state index contributed by atoms with van der Waals surface area (Å²) in [6, 6.07) is 8.82. The number of phenols is 1. The summed E-state index contributed by atoms with van der Waals surface area (Å²) >= 11 is 0. The highest BCUT2D eigenvalue weighted by molar-refractivity contribution is 7.86. The minimum Gasteiger partial charge on any atom is -0.506 e. The number of methoxy groups -OCH3 is 1.